The number of nitrogens with one attached hydrogen (secondary N) is 1. The van der Waals surface area contributed by atoms with Gasteiger partial charge in [-0.2, -0.15) is 4.98 Å². The van der Waals surface area contributed by atoms with Crippen LogP contribution in [0.1, 0.15) is 13.8 Å². The highest BCUT2D eigenvalue weighted by Crippen LogP contribution is 2.18. The fourth-order valence-corrected chi connectivity index (χ4v) is 2.06. The molecule has 0 bridgehead atoms. The molecule has 2 unspecified atom stereocenters. The zero-order chi connectivity index (χ0) is 12.4. The summed E-state index contributed by atoms with van der Waals surface area (Å²) in [4.78, 5) is 13.1. The van der Waals surface area contributed by atoms with Crippen LogP contribution in [0.4, 0.5) is 11.8 Å². The van der Waals surface area contributed by atoms with E-state index in [4.69, 9.17) is 0 Å². The molecule has 5 nitrogen and oxygen atoms in total. The molecular weight excluding hydrogens is 214 g/mol. The van der Waals surface area contributed by atoms with Crippen molar-refractivity contribution in [2.75, 3.05) is 37.0 Å². The van der Waals surface area contributed by atoms with E-state index in [1.54, 1.807) is 0 Å². The first-order valence-corrected chi connectivity index (χ1v) is 6.08. The van der Waals surface area contributed by atoms with E-state index in [0.717, 1.165) is 24.9 Å². The van der Waals surface area contributed by atoms with E-state index >= 15 is 0 Å². The largest absolute Gasteiger partial charge is 0.351 e. The van der Waals surface area contributed by atoms with Crippen molar-refractivity contribution in [2.45, 2.75) is 25.9 Å². The third-order valence-corrected chi connectivity index (χ3v) is 3.09. The Labute approximate surface area is 103 Å². The first-order chi connectivity index (χ1) is 8.08. The molecule has 1 aliphatic rings. The maximum atomic E-state index is 4.59. The Morgan fingerprint density at radius 3 is 2.88 bits per heavy atom. The van der Waals surface area contributed by atoms with Crippen molar-refractivity contribution in [2.24, 2.45) is 0 Å². The van der Waals surface area contributed by atoms with E-state index in [9.17, 15) is 0 Å². The molecular formula is C12H21N5. The van der Waals surface area contributed by atoms with Crippen LogP contribution in [0.25, 0.3) is 0 Å². The fraction of sp³-hybridized carbons (Fsp3) is 0.667. The second-order valence-electron chi connectivity index (χ2n) is 4.92. The zero-order valence-corrected chi connectivity index (χ0v) is 11.0. The fourth-order valence-electron chi connectivity index (χ4n) is 2.06. The molecule has 1 fully saturated rings. The Morgan fingerprint density at radius 1 is 1.41 bits per heavy atom. The predicted molar refractivity (Wildman–Crippen MR) is 70.6 cm³/mol. The highest BCUT2D eigenvalue weighted by Gasteiger charge is 2.23. The second kappa shape index (κ2) is 4.87. The van der Waals surface area contributed by atoms with Crippen LogP contribution in [0.3, 0.4) is 0 Å². The van der Waals surface area contributed by atoms with Gasteiger partial charge in [-0.05, 0) is 19.9 Å². The number of anilines is 2. The summed E-state index contributed by atoms with van der Waals surface area (Å²) in [6.45, 7) is 6.41. The van der Waals surface area contributed by atoms with Crippen molar-refractivity contribution < 1.29 is 0 Å². The molecule has 1 saturated heterocycles. The molecule has 0 aliphatic carbocycles. The highest BCUT2D eigenvalue weighted by molar-refractivity contribution is 5.44. The number of nitrogens with zero attached hydrogens (tertiary/aromatic N) is 4. The first kappa shape index (κ1) is 12.1. The van der Waals surface area contributed by atoms with Gasteiger partial charge in [0.25, 0.3) is 0 Å². The Bertz CT molecular complexity index is 379. The monoisotopic (exact) mass is 235 g/mol. The molecule has 94 valence electrons. The van der Waals surface area contributed by atoms with Crippen molar-refractivity contribution in [3.05, 3.63) is 12.3 Å². The summed E-state index contributed by atoms with van der Waals surface area (Å²) in [6.07, 6.45) is 1.83. The van der Waals surface area contributed by atoms with E-state index < -0.39 is 0 Å². The molecule has 0 spiro atoms. The summed E-state index contributed by atoms with van der Waals surface area (Å²) < 4.78 is 0. The van der Waals surface area contributed by atoms with Crippen LogP contribution in [-0.4, -0.2) is 49.2 Å². The van der Waals surface area contributed by atoms with Crippen LogP contribution in [0, 0.1) is 0 Å². The summed E-state index contributed by atoms with van der Waals surface area (Å²) in [5.41, 5.74) is 0. The van der Waals surface area contributed by atoms with Crippen molar-refractivity contribution >= 4 is 11.8 Å². The van der Waals surface area contributed by atoms with Gasteiger partial charge < -0.3 is 15.1 Å². The molecule has 1 aliphatic heterocycles. The molecule has 1 aromatic heterocycles. The number of piperazine rings is 1. The van der Waals surface area contributed by atoms with E-state index in [-0.39, 0.29) is 0 Å². The van der Waals surface area contributed by atoms with E-state index in [2.05, 4.69) is 34.0 Å². The lowest BCUT2D eigenvalue weighted by atomic mass is 10.1. The average molecular weight is 235 g/mol. The Hall–Kier alpha value is -1.36. The number of rotatable bonds is 2. The van der Waals surface area contributed by atoms with Gasteiger partial charge in [0, 0.05) is 45.5 Å². The predicted octanol–water partition coefficient (Wildman–Crippen LogP) is 0.729. The van der Waals surface area contributed by atoms with Crippen molar-refractivity contribution in [1.82, 2.24) is 15.3 Å². The molecule has 5 heteroatoms. The Balaban J connectivity index is 2.23. The second-order valence-corrected chi connectivity index (χ2v) is 4.92. The number of hydrogen-bond acceptors (Lipinski definition) is 5. The van der Waals surface area contributed by atoms with Gasteiger partial charge in [-0.3, -0.25) is 0 Å². The molecule has 0 saturated carbocycles. The SMILES string of the molecule is CC1CN(c2ccnc(N(C)C)n2)C(C)CN1. The molecule has 1 aromatic rings. The third kappa shape index (κ3) is 2.66. The average Bonchev–Trinajstić information content (AvgIpc) is 2.32. The number of hydrogen-bond donors (Lipinski definition) is 1. The van der Waals surface area contributed by atoms with Crippen LogP contribution < -0.4 is 15.1 Å². The maximum Gasteiger partial charge on any atom is 0.226 e. The molecule has 0 aromatic carbocycles. The summed E-state index contributed by atoms with van der Waals surface area (Å²) in [6, 6.07) is 2.96. The molecule has 2 atom stereocenters. The van der Waals surface area contributed by atoms with Crippen LogP contribution in [0.2, 0.25) is 0 Å². The van der Waals surface area contributed by atoms with Gasteiger partial charge in [0.05, 0.1) is 0 Å². The van der Waals surface area contributed by atoms with Crippen molar-refractivity contribution in [3.8, 4) is 0 Å². The van der Waals surface area contributed by atoms with Crippen LogP contribution in [0.5, 0.6) is 0 Å². The zero-order valence-electron chi connectivity index (χ0n) is 11.0. The minimum atomic E-state index is 0.469. The topological polar surface area (TPSA) is 44.3 Å². The van der Waals surface area contributed by atoms with E-state index in [0.29, 0.717) is 12.1 Å². The molecule has 17 heavy (non-hydrogen) atoms. The van der Waals surface area contributed by atoms with Crippen molar-refractivity contribution in [3.63, 3.8) is 0 Å². The highest BCUT2D eigenvalue weighted by atomic mass is 15.3. The molecule has 0 radical (unpaired) electrons. The van der Waals surface area contributed by atoms with Gasteiger partial charge in [-0.25, -0.2) is 4.98 Å². The summed E-state index contributed by atoms with van der Waals surface area (Å²) in [7, 11) is 3.92. The van der Waals surface area contributed by atoms with E-state index in [1.165, 1.54) is 0 Å². The molecule has 1 N–H and O–H groups in total. The lowest BCUT2D eigenvalue weighted by Crippen LogP contribution is -2.54. The molecule has 2 heterocycles. The number of aromatic nitrogens is 2. The Kier molecular flexibility index (Phi) is 3.47. The van der Waals surface area contributed by atoms with Gasteiger partial charge in [0.1, 0.15) is 5.82 Å². The van der Waals surface area contributed by atoms with Crippen LogP contribution in [-0.2, 0) is 0 Å². The lowest BCUT2D eigenvalue weighted by Gasteiger charge is -2.38. The summed E-state index contributed by atoms with van der Waals surface area (Å²) in [5.74, 6) is 1.78. The lowest BCUT2D eigenvalue weighted by molar-refractivity contribution is 0.422. The van der Waals surface area contributed by atoms with Gasteiger partial charge in [-0.15, -0.1) is 0 Å². The van der Waals surface area contributed by atoms with E-state index in [1.807, 2.05) is 31.3 Å². The smallest absolute Gasteiger partial charge is 0.226 e. The van der Waals surface area contributed by atoms with Gasteiger partial charge in [0.15, 0.2) is 0 Å². The molecule has 0 amide bonds. The summed E-state index contributed by atoms with van der Waals surface area (Å²) >= 11 is 0. The summed E-state index contributed by atoms with van der Waals surface area (Å²) in [5, 5.41) is 3.47. The van der Waals surface area contributed by atoms with Gasteiger partial charge in [0.2, 0.25) is 5.95 Å². The van der Waals surface area contributed by atoms with Gasteiger partial charge in [-0.1, -0.05) is 0 Å². The first-order valence-electron chi connectivity index (χ1n) is 6.08. The maximum absolute atomic E-state index is 4.59. The van der Waals surface area contributed by atoms with Gasteiger partial charge >= 0.3 is 0 Å². The van der Waals surface area contributed by atoms with Crippen molar-refractivity contribution in [1.29, 1.82) is 0 Å². The van der Waals surface area contributed by atoms with Crippen LogP contribution >= 0.6 is 0 Å². The minimum absolute atomic E-state index is 0.469. The standard InChI is InChI=1S/C12H21N5/c1-9-8-17(10(2)7-14-9)11-5-6-13-12(15-11)16(3)4/h5-6,9-10,14H,7-8H2,1-4H3. The quantitative estimate of drug-likeness (QED) is 0.818. The van der Waals surface area contributed by atoms with Crippen LogP contribution in [0.15, 0.2) is 12.3 Å². The molecule has 2 rings (SSSR count). The minimum Gasteiger partial charge on any atom is -0.351 e. The third-order valence-electron chi connectivity index (χ3n) is 3.09. The Morgan fingerprint density at radius 2 is 2.18 bits per heavy atom. The normalized spacial score (nSPS) is 24.8.